The van der Waals surface area contributed by atoms with Crippen LogP contribution in [-0.4, -0.2) is 80.6 Å². The largest absolute Gasteiger partial charge is 0.477 e. The van der Waals surface area contributed by atoms with E-state index in [0.717, 1.165) is 89.9 Å². The number of hydrogen-bond donors (Lipinski definition) is 1. The SMILES string of the molecule is CC/C=C/C/C=C/C/C=C/C/C=C/C/C=C/C/C=C/CCCCCC(=O)OC(COCCC(C(=O)O)[N+](C)(C)C)COC(=O)CC/C=C/C/C=C/C/C=C/C/C=C/C/C=C/CC. The first-order chi connectivity index (χ1) is 30.1. The zero-order valence-corrected chi connectivity index (χ0v) is 39.3. The molecule has 62 heavy (non-hydrogen) atoms. The van der Waals surface area contributed by atoms with Crippen molar-refractivity contribution in [2.45, 2.75) is 148 Å². The third-order valence-electron chi connectivity index (χ3n) is 9.31. The van der Waals surface area contributed by atoms with Gasteiger partial charge in [-0.15, -0.1) is 0 Å². The molecule has 8 nitrogen and oxygen atoms in total. The average molecular weight is 859 g/mol. The normalized spacial score (nSPS) is 14.1. The van der Waals surface area contributed by atoms with Crippen molar-refractivity contribution in [2.24, 2.45) is 0 Å². The van der Waals surface area contributed by atoms with Crippen molar-refractivity contribution in [2.75, 3.05) is 41.0 Å². The Kier molecular flexibility index (Phi) is 40.0. The molecule has 0 spiro atoms. The molecule has 2 atom stereocenters. The standard InChI is InChI=1S/C54H83NO7/c1-6-8-10-12-14-16-18-20-22-24-25-26-27-28-29-31-33-35-37-39-41-43-45-53(57)62-50(48-60-47-46-51(54(58)59)55(3,4)5)49-61-52(56)44-42-40-38-36-34-32-30-23-21-19-17-15-13-11-9-7-2/h8-11,14-17,20-23,25-26,28-29,32-35,38,40,50-51H,6-7,12-13,18-19,24,27,30-31,36-37,39,41-49H2,1-5H3/p+1/b10-8+,11-9+,16-14+,17-15+,22-20+,23-21+,26-25+,29-28+,34-32+,35-33+,40-38+. The second-order valence-corrected chi connectivity index (χ2v) is 15.9. The van der Waals surface area contributed by atoms with E-state index >= 15 is 0 Å². The summed E-state index contributed by atoms with van der Waals surface area (Å²) < 4.78 is 17.2. The van der Waals surface area contributed by atoms with Gasteiger partial charge in [-0.1, -0.05) is 154 Å². The summed E-state index contributed by atoms with van der Waals surface area (Å²) in [6, 6.07) is -0.641. The lowest BCUT2D eigenvalue weighted by Gasteiger charge is -2.31. The first kappa shape index (κ1) is 57.5. The van der Waals surface area contributed by atoms with Crippen LogP contribution in [-0.2, 0) is 28.6 Å². The predicted octanol–water partition coefficient (Wildman–Crippen LogP) is 13.2. The van der Waals surface area contributed by atoms with E-state index in [9.17, 15) is 19.5 Å². The number of nitrogens with zero attached hydrogens (tertiary/aromatic N) is 1. The molecule has 0 aromatic heterocycles. The van der Waals surface area contributed by atoms with Crippen molar-refractivity contribution in [1.82, 2.24) is 0 Å². The Hall–Kier alpha value is -4.53. The van der Waals surface area contributed by atoms with E-state index in [1.807, 2.05) is 33.3 Å². The maximum atomic E-state index is 12.8. The zero-order valence-electron chi connectivity index (χ0n) is 39.3. The topological polar surface area (TPSA) is 99.1 Å². The molecule has 0 aliphatic rings. The molecule has 2 unspecified atom stereocenters. The molecular weight excluding hydrogens is 775 g/mol. The quantitative estimate of drug-likeness (QED) is 0.0284. The monoisotopic (exact) mass is 859 g/mol. The molecule has 0 fully saturated rings. The number of carboxylic acid groups (broad SMARTS) is 1. The molecule has 0 saturated heterocycles. The summed E-state index contributed by atoms with van der Waals surface area (Å²) in [5.41, 5.74) is 0. The molecule has 346 valence electrons. The van der Waals surface area contributed by atoms with Gasteiger partial charge in [0.2, 0.25) is 0 Å². The van der Waals surface area contributed by atoms with Gasteiger partial charge in [-0.25, -0.2) is 4.79 Å². The lowest BCUT2D eigenvalue weighted by molar-refractivity contribution is -0.887. The highest BCUT2D eigenvalue weighted by Gasteiger charge is 2.31. The number of unbranched alkanes of at least 4 members (excludes halogenated alkanes) is 3. The van der Waals surface area contributed by atoms with Crippen molar-refractivity contribution in [3.8, 4) is 0 Å². The van der Waals surface area contributed by atoms with Gasteiger partial charge in [0.25, 0.3) is 0 Å². The predicted molar refractivity (Wildman–Crippen MR) is 261 cm³/mol. The molecule has 0 aliphatic carbocycles. The lowest BCUT2D eigenvalue weighted by Crippen LogP contribution is -2.50. The lowest BCUT2D eigenvalue weighted by atomic mass is 10.1. The minimum absolute atomic E-state index is 0.0138. The molecule has 8 heteroatoms. The van der Waals surface area contributed by atoms with Crippen LogP contribution in [0.3, 0.4) is 0 Å². The number of ether oxygens (including phenoxy) is 3. The molecule has 0 amide bonds. The van der Waals surface area contributed by atoms with Crippen LogP contribution in [0.15, 0.2) is 134 Å². The second-order valence-electron chi connectivity index (χ2n) is 15.9. The summed E-state index contributed by atoms with van der Waals surface area (Å²) in [5.74, 6) is -1.64. The number of carbonyl (C=O) groups excluding carboxylic acids is 2. The minimum Gasteiger partial charge on any atom is -0.477 e. The highest BCUT2D eigenvalue weighted by atomic mass is 16.6. The molecule has 1 N–H and O–H groups in total. The molecule has 0 rings (SSSR count). The van der Waals surface area contributed by atoms with Gasteiger partial charge in [-0.3, -0.25) is 9.59 Å². The number of esters is 2. The molecule has 0 heterocycles. The van der Waals surface area contributed by atoms with Crippen molar-refractivity contribution in [3.63, 3.8) is 0 Å². The van der Waals surface area contributed by atoms with Crippen LogP contribution in [0.25, 0.3) is 0 Å². The summed E-state index contributed by atoms with van der Waals surface area (Å²) in [5, 5.41) is 9.63. The third kappa shape index (κ3) is 40.9. The van der Waals surface area contributed by atoms with Crippen LogP contribution in [0.4, 0.5) is 0 Å². The van der Waals surface area contributed by atoms with Gasteiger partial charge in [0.15, 0.2) is 12.1 Å². The van der Waals surface area contributed by atoms with Crippen molar-refractivity contribution < 1.29 is 38.2 Å². The molecule has 0 saturated carbocycles. The van der Waals surface area contributed by atoms with E-state index in [2.05, 4.69) is 135 Å². The highest BCUT2D eigenvalue weighted by Crippen LogP contribution is 2.11. The summed E-state index contributed by atoms with van der Waals surface area (Å²) in [7, 11) is 5.48. The van der Waals surface area contributed by atoms with Crippen LogP contribution in [0, 0.1) is 0 Å². The maximum Gasteiger partial charge on any atom is 0.362 e. The smallest absolute Gasteiger partial charge is 0.362 e. The molecule has 0 radical (unpaired) electrons. The van der Waals surface area contributed by atoms with Crippen LogP contribution in [0.2, 0.25) is 0 Å². The first-order valence-corrected chi connectivity index (χ1v) is 23.2. The first-order valence-electron chi connectivity index (χ1n) is 23.2. The van der Waals surface area contributed by atoms with Crippen LogP contribution >= 0.6 is 0 Å². The van der Waals surface area contributed by atoms with Gasteiger partial charge in [0, 0.05) is 19.3 Å². The zero-order chi connectivity index (χ0) is 45.6. The number of aliphatic carboxylic acids is 1. The summed E-state index contributed by atoms with van der Waals surface area (Å²) in [6.45, 7) is 4.36. The van der Waals surface area contributed by atoms with E-state index in [1.165, 1.54) is 0 Å². The Morgan fingerprint density at radius 1 is 0.484 bits per heavy atom. The number of hydrogen-bond acceptors (Lipinski definition) is 6. The fourth-order valence-corrected chi connectivity index (χ4v) is 5.79. The van der Waals surface area contributed by atoms with E-state index in [0.29, 0.717) is 19.3 Å². The summed E-state index contributed by atoms with van der Waals surface area (Å²) >= 11 is 0. The molecule has 0 aromatic rings. The second kappa shape index (κ2) is 43.1. The fraction of sp³-hybridized carbons (Fsp3) is 0.537. The average Bonchev–Trinajstić information content (AvgIpc) is 3.23. The van der Waals surface area contributed by atoms with Crippen LogP contribution in [0.5, 0.6) is 0 Å². The van der Waals surface area contributed by atoms with Gasteiger partial charge in [0.05, 0.1) is 34.4 Å². The van der Waals surface area contributed by atoms with Gasteiger partial charge in [-0.05, 0) is 96.3 Å². The molecule has 0 bridgehead atoms. The van der Waals surface area contributed by atoms with E-state index in [4.69, 9.17) is 14.2 Å². The number of quaternary nitrogens is 1. The van der Waals surface area contributed by atoms with Gasteiger partial charge < -0.3 is 23.8 Å². The van der Waals surface area contributed by atoms with Gasteiger partial charge in [0.1, 0.15) is 6.61 Å². The molecule has 0 aliphatic heterocycles. The Morgan fingerprint density at radius 3 is 1.29 bits per heavy atom. The van der Waals surface area contributed by atoms with Crippen LogP contribution in [0.1, 0.15) is 136 Å². The number of carbonyl (C=O) groups is 3. The number of rotatable bonds is 39. The Balaban J connectivity index is 4.52. The Labute approximate surface area is 377 Å². The minimum atomic E-state index is -0.897. The fourth-order valence-electron chi connectivity index (χ4n) is 5.79. The summed E-state index contributed by atoms with van der Waals surface area (Å²) in [4.78, 5) is 37.0. The maximum absolute atomic E-state index is 12.8. The molecular formula is C54H84NO7+. The van der Waals surface area contributed by atoms with Crippen molar-refractivity contribution in [1.29, 1.82) is 0 Å². The third-order valence-corrected chi connectivity index (χ3v) is 9.31. The van der Waals surface area contributed by atoms with Crippen molar-refractivity contribution in [3.05, 3.63) is 134 Å². The van der Waals surface area contributed by atoms with Gasteiger partial charge in [-0.2, -0.15) is 0 Å². The highest BCUT2D eigenvalue weighted by molar-refractivity contribution is 5.72. The van der Waals surface area contributed by atoms with Crippen molar-refractivity contribution >= 4 is 17.9 Å². The van der Waals surface area contributed by atoms with Crippen LogP contribution < -0.4 is 0 Å². The van der Waals surface area contributed by atoms with E-state index < -0.39 is 18.1 Å². The van der Waals surface area contributed by atoms with E-state index in [-0.39, 0.29) is 49.1 Å². The Morgan fingerprint density at radius 2 is 0.887 bits per heavy atom. The molecule has 0 aromatic carbocycles. The number of allylic oxidation sites excluding steroid dienone is 22. The number of likely N-dealkylation sites (N-methyl/N-ethyl adjacent to an activating group) is 1. The summed E-state index contributed by atoms with van der Waals surface area (Å²) in [6.07, 6.45) is 62.3. The van der Waals surface area contributed by atoms with E-state index in [1.54, 1.807) is 0 Å². The number of carboxylic acids is 1. The van der Waals surface area contributed by atoms with Gasteiger partial charge >= 0.3 is 17.9 Å². The Bertz CT molecular complexity index is 1470.